The third-order valence-electron chi connectivity index (χ3n) is 9.11. The Labute approximate surface area is 264 Å². The lowest BCUT2D eigenvalue weighted by Crippen LogP contribution is -2.39. The molecule has 1 aromatic carbocycles. The molecule has 3 atom stereocenters. The highest BCUT2D eigenvalue weighted by molar-refractivity contribution is 6.32. The smallest absolute Gasteiger partial charge is 0.319 e. The van der Waals surface area contributed by atoms with Crippen LogP contribution in [0.25, 0.3) is 22.2 Å². The fourth-order valence-corrected chi connectivity index (χ4v) is 6.96. The zero-order chi connectivity index (χ0) is 31.6. The van der Waals surface area contributed by atoms with Gasteiger partial charge in [0.05, 0.1) is 18.3 Å². The molecule has 5 heterocycles. The number of rotatable bonds is 7. The number of anilines is 2. The predicted molar refractivity (Wildman–Crippen MR) is 167 cm³/mol. The average molecular weight is 638 g/mol. The molecule has 0 spiro atoms. The van der Waals surface area contributed by atoms with Crippen molar-refractivity contribution in [3.05, 3.63) is 52.2 Å². The van der Waals surface area contributed by atoms with E-state index in [1.54, 1.807) is 0 Å². The molecule has 2 aliphatic heterocycles. The first-order valence-corrected chi connectivity index (χ1v) is 15.6. The number of halogens is 3. The second kappa shape index (κ2) is 11.4. The van der Waals surface area contributed by atoms with Gasteiger partial charge in [0.25, 0.3) is 0 Å². The van der Waals surface area contributed by atoms with E-state index < -0.39 is 17.7 Å². The normalized spacial score (nSPS) is 20.7. The molecule has 4 aromatic rings. The summed E-state index contributed by atoms with van der Waals surface area (Å²) in [5, 5.41) is 11.1. The van der Waals surface area contributed by atoms with Gasteiger partial charge in [0.2, 0.25) is 5.88 Å². The highest BCUT2D eigenvalue weighted by Gasteiger charge is 2.36. The fraction of sp³-hybridized carbons (Fsp3) is 0.438. The summed E-state index contributed by atoms with van der Waals surface area (Å²) in [5.74, 6) is -0.601. The van der Waals surface area contributed by atoms with Gasteiger partial charge in [-0.1, -0.05) is 11.6 Å². The molecule has 3 aromatic heterocycles. The van der Waals surface area contributed by atoms with Gasteiger partial charge in [0.1, 0.15) is 53.0 Å². The SMILES string of the molecule is C[C@H](c1cc(F)cnc1N)N1c2nc(OC[C@H]3CCCN3C)nc3c(F)c(-c4cc(O)cc(Cl)c4C4CC4)nc(c23)OC[C@@H]1C. The van der Waals surface area contributed by atoms with E-state index in [2.05, 4.69) is 19.9 Å². The summed E-state index contributed by atoms with van der Waals surface area (Å²) in [5.41, 5.74) is 7.69. The lowest BCUT2D eigenvalue weighted by Gasteiger charge is -2.35. The lowest BCUT2D eigenvalue weighted by molar-refractivity contribution is 0.188. The van der Waals surface area contributed by atoms with E-state index in [0.717, 1.165) is 44.0 Å². The number of nitrogens with zero attached hydrogens (tertiary/aromatic N) is 6. The van der Waals surface area contributed by atoms with Crippen LogP contribution in [0.1, 0.15) is 62.6 Å². The van der Waals surface area contributed by atoms with Gasteiger partial charge in [0.15, 0.2) is 5.82 Å². The van der Waals surface area contributed by atoms with E-state index in [0.29, 0.717) is 28.6 Å². The third-order valence-corrected chi connectivity index (χ3v) is 9.42. The number of hydrogen-bond donors (Lipinski definition) is 2. The van der Waals surface area contributed by atoms with Crippen molar-refractivity contribution in [3.8, 4) is 28.9 Å². The molecule has 0 bridgehead atoms. The van der Waals surface area contributed by atoms with Gasteiger partial charge >= 0.3 is 6.01 Å². The number of hydrogen-bond acceptors (Lipinski definition) is 10. The predicted octanol–water partition coefficient (Wildman–Crippen LogP) is 6.01. The van der Waals surface area contributed by atoms with E-state index in [9.17, 15) is 9.50 Å². The quantitative estimate of drug-likeness (QED) is 0.249. The summed E-state index contributed by atoms with van der Waals surface area (Å²) in [6, 6.07) is 3.56. The van der Waals surface area contributed by atoms with Crippen molar-refractivity contribution < 1.29 is 23.4 Å². The maximum Gasteiger partial charge on any atom is 0.319 e. The molecule has 7 rings (SSSR count). The molecule has 0 amide bonds. The van der Waals surface area contributed by atoms with Crippen molar-refractivity contribution in [1.29, 1.82) is 0 Å². The first kappa shape index (κ1) is 29.7. The van der Waals surface area contributed by atoms with Crippen LogP contribution in [0.15, 0.2) is 24.4 Å². The topological polar surface area (TPSA) is 123 Å². The Morgan fingerprint density at radius 1 is 1.18 bits per heavy atom. The van der Waals surface area contributed by atoms with Crippen LogP contribution < -0.4 is 20.1 Å². The number of phenols is 1. The van der Waals surface area contributed by atoms with Gasteiger partial charge in [-0.15, -0.1) is 0 Å². The van der Waals surface area contributed by atoms with Gasteiger partial charge in [0, 0.05) is 22.2 Å². The summed E-state index contributed by atoms with van der Waals surface area (Å²) in [7, 11) is 2.04. The molecule has 0 radical (unpaired) electrons. The lowest BCUT2D eigenvalue weighted by atomic mass is 9.98. The monoisotopic (exact) mass is 637 g/mol. The number of benzene rings is 1. The second-order valence-electron chi connectivity index (χ2n) is 12.3. The van der Waals surface area contributed by atoms with E-state index in [1.807, 2.05) is 25.8 Å². The number of nitrogens with two attached hydrogens (primary N) is 1. The molecule has 0 unspecified atom stereocenters. The number of nitrogen functional groups attached to an aromatic ring is 1. The summed E-state index contributed by atoms with van der Waals surface area (Å²) >= 11 is 6.58. The van der Waals surface area contributed by atoms with Gasteiger partial charge in [-0.05, 0) is 82.8 Å². The van der Waals surface area contributed by atoms with Crippen LogP contribution >= 0.6 is 11.6 Å². The number of likely N-dealkylation sites (tertiary alicyclic amines) is 1. The second-order valence-corrected chi connectivity index (χ2v) is 12.7. The first-order valence-electron chi connectivity index (χ1n) is 15.2. The van der Waals surface area contributed by atoms with Crippen molar-refractivity contribution in [1.82, 2.24) is 24.8 Å². The van der Waals surface area contributed by atoms with Crippen LogP contribution in [-0.2, 0) is 0 Å². The molecule has 13 heteroatoms. The van der Waals surface area contributed by atoms with Crippen LogP contribution in [0, 0.1) is 11.6 Å². The van der Waals surface area contributed by atoms with Crippen LogP contribution in [0.4, 0.5) is 20.4 Å². The third kappa shape index (κ3) is 5.33. The average Bonchev–Trinajstić information content (AvgIpc) is 3.77. The fourth-order valence-electron chi connectivity index (χ4n) is 6.59. The maximum atomic E-state index is 16.9. The van der Waals surface area contributed by atoms with Crippen LogP contribution in [0.2, 0.25) is 5.02 Å². The van der Waals surface area contributed by atoms with Gasteiger partial charge < -0.3 is 30.1 Å². The molecular weight excluding hydrogens is 604 g/mol. The minimum absolute atomic E-state index is 0.00667. The van der Waals surface area contributed by atoms with Crippen molar-refractivity contribution in [3.63, 3.8) is 0 Å². The van der Waals surface area contributed by atoms with Crippen LogP contribution in [-0.4, -0.2) is 68.8 Å². The van der Waals surface area contributed by atoms with Crippen molar-refractivity contribution in [2.75, 3.05) is 37.4 Å². The molecular formula is C32H34ClF2N7O3. The Hall–Kier alpha value is -4.03. The number of likely N-dealkylation sites (N-methyl/N-ethyl adjacent to an activating group) is 1. The number of pyridine rings is 2. The van der Waals surface area contributed by atoms with Crippen molar-refractivity contribution >= 4 is 34.1 Å². The minimum Gasteiger partial charge on any atom is -0.508 e. The molecule has 45 heavy (non-hydrogen) atoms. The molecule has 236 valence electrons. The molecule has 2 fully saturated rings. The molecule has 10 nitrogen and oxygen atoms in total. The Balaban J connectivity index is 1.44. The largest absolute Gasteiger partial charge is 0.508 e. The summed E-state index contributed by atoms with van der Waals surface area (Å²) in [6.07, 6.45) is 4.89. The van der Waals surface area contributed by atoms with E-state index in [4.69, 9.17) is 31.8 Å². The number of phenolic OH excluding ortho intramolecular Hbond substituents is 1. The zero-order valence-electron chi connectivity index (χ0n) is 25.2. The number of aromatic nitrogens is 4. The highest BCUT2D eigenvalue weighted by Crippen LogP contribution is 2.50. The Morgan fingerprint density at radius 2 is 1.98 bits per heavy atom. The van der Waals surface area contributed by atoms with Gasteiger partial charge in [-0.2, -0.15) is 9.97 Å². The molecule has 1 saturated heterocycles. The maximum absolute atomic E-state index is 16.9. The van der Waals surface area contributed by atoms with E-state index >= 15 is 4.39 Å². The van der Waals surface area contributed by atoms with E-state index in [-0.39, 0.29) is 64.7 Å². The van der Waals surface area contributed by atoms with Gasteiger partial charge in [-0.3, -0.25) is 0 Å². The van der Waals surface area contributed by atoms with Crippen molar-refractivity contribution in [2.45, 2.75) is 63.6 Å². The Bertz CT molecular complexity index is 1810. The molecule has 1 aliphatic carbocycles. The van der Waals surface area contributed by atoms with E-state index in [1.165, 1.54) is 18.2 Å². The summed E-state index contributed by atoms with van der Waals surface area (Å²) < 4.78 is 43.7. The first-order chi connectivity index (χ1) is 21.6. The molecule has 3 aliphatic rings. The molecule has 1 saturated carbocycles. The minimum atomic E-state index is -0.721. The van der Waals surface area contributed by atoms with Gasteiger partial charge in [-0.25, -0.2) is 18.7 Å². The Kier molecular flexibility index (Phi) is 7.52. The Morgan fingerprint density at radius 3 is 2.71 bits per heavy atom. The highest BCUT2D eigenvalue weighted by atomic mass is 35.5. The van der Waals surface area contributed by atoms with Crippen LogP contribution in [0.3, 0.4) is 0 Å². The number of ether oxygens (including phenoxy) is 2. The number of aromatic hydroxyl groups is 1. The summed E-state index contributed by atoms with van der Waals surface area (Å²) in [4.78, 5) is 22.2. The standard InChI is InChI=1S/C32H34ClF2N7O3/c1-15-13-44-31-25-28(26(35)27(38-31)22-10-20(43)11-23(33)24(22)17-6-7-17)39-32(45-14-19-5-4-8-41(19)3)40-30(25)42(15)16(2)21-9-18(34)12-37-29(21)36/h9-12,15-17,19,43H,4-8,13-14H2,1-3H3,(H2,36,37)/t15-,16+,19+/m0/s1. The zero-order valence-corrected chi connectivity index (χ0v) is 26.0. The summed E-state index contributed by atoms with van der Waals surface area (Å²) in [6.45, 7) is 5.21. The van der Waals surface area contributed by atoms with Crippen molar-refractivity contribution in [2.24, 2.45) is 0 Å². The molecule has 3 N–H and O–H groups in total. The van der Waals surface area contributed by atoms with Crippen LogP contribution in [0.5, 0.6) is 17.6 Å².